The summed E-state index contributed by atoms with van der Waals surface area (Å²) in [5.74, 6) is -0.377. The first-order valence-electron chi connectivity index (χ1n) is 7.13. The molecule has 4 N–H and O–H groups in total. The summed E-state index contributed by atoms with van der Waals surface area (Å²) in [5.41, 5.74) is 6.73. The normalized spacial score (nSPS) is 17.6. The van der Waals surface area contributed by atoms with Crippen LogP contribution in [0.2, 0.25) is 0 Å². The summed E-state index contributed by atoms with van der Waals surface area (Å²) >= 11 is 0. The predicted octanol–water partition coefficient (Wildman–Crippen LogP) is 1.37. The Morgan fingerprint density at radius 1 is 1.15 bits per heavy atom. The molecule has 1 amide bonds. The van der Waals surface area contributed by atoms with Gasteiger partial charge in [-0.2, -0.15) is 0 Å². The van der Waals surface area contributed by atoms with Gasteiger partial charge in [-0.25, -0.2) is 0 Å². The lowest BCUT2D eigenvalue weighted by Crippen LogP contribution is -2.45. The van der Waals surface area contributed by atoms with Crippen LogP contribution in [0.4, 0.5) is 0 Å². The van der Waals surface area contributed by atoms with Gasteiger partial charge in [0.1, 0.15) is 0 Å². The number of carbonyl (C=O) groups is 1. The van der Waals surface area contributed by atoms with Crippen molar-refractivity contribution in [1.29, 1.82) is 0 Å². The number of rotatable bonds is 3. The Labute approximate surface area is 119 Å². The standard InChI is InChI=1S/C15H22N2O3/c16-12(9-11-5-6-13(18)14(19)10-11)15(20)17-7-3-1-2-4-8-17/h5-6,10,12,18-19H,1-4,7-9,16H2/t12-/m0/s1. The fourth-order valence-electron chi connectivity index (χ4n) is 2.56. The minimum absolute atomic E-state index is 0.0283. The number of likely N-dealkylation sites (tertiary alicyclic amines) is 1. The number of nitrogens with two attached hydrogens (primary N) is 1. The molecular weight excluding hydrogens is 256 g/mol. The lowest BCUT2D eigenvalue weighted by Gasteiger charge is -2.24. The van der Waals surface area contributed by atoms with Crippen LogP contribution < -0.4 is 5.73 Å². The van der Waals surface area contributed by atoms with Gasteiger partial charge in [0, 0.05) is 13.1 Å². The number of hydrogen-bond donors (Lipinski definition) is 3. The molecule has 0 radical (unpaired) electrons. The average Bonchev–Trinajstić information content (AvgIpc) is 2.71. The maximum Gasteiger partial charge on any atom is 0.239 e. The molecular formula is C15H22N2O3. The van der Waals surface area contributed by atoms with Crippen LogP contribution in [0.1, 0.15) is 31.2 Å². The Kier molecular flexibility index (Phi) is 4.84. The Morgan fingerprint density at radius 3 is 2.40 bits per heavy atom. The minimum atomic E-state index is -0.600. The van der Waals surface area contributed by atoms with E-state index in [1.54, 1.807) is 6.07 Å². The molecule has 0 bridgehead atoms. The summed E-state index contributed by atoms with van der Waals surface area (Å²) in [5, 5.41) is 18.7. The monoisotopic (exact) mass is 278 g/mol. The van der Waals surface area contributed by atoms with Crippen LogP contribution in [-0.2, 0) is 11.2 Å². The first kappa shape index (κ1) is 14.7. The van der Waals surface area contributed by atoms with Crippen LogP contribution in [0, 0.1) is 0 Å². The summed E-state index contributed by atoms with van der Waals surface area (Å²) in [6.45, 7) is 1.57. The fourth-order valence-corrected chi connectivity index (χ4v) is 2.56. The Hall–Kier alpha value is -1.75. The summed E-state index contributed by atoms with van der Waals surface area (Å²) in [6, 6.07) is 3.93. The van der Waals surface area contributed by atoms with Crippen molar-refractivity contribution in [2.24, 2.45) is 5.73 Å². The number of carbonyl (C=O) groups excluding carboxylic acids is 1. The third-order valence-electron chi connectivity index (χ3n) is 3.73. The third-order valence-corrected chi connectivity index (χ3v) is 3.73. The first-order valence-corrected chi connectivity index (χ1v) is 7.13. The van der Waals surface area contributed by atoms with E-state index in [4.69, 9.17) is 5.73 Å². The van der Waals surface area contributed by atoms with Gasteiger partial charge in [-0.1, -0.05) is 18.9 Å². The summed E-state index contributed by atoms with van der Waals surface area (Å²) < 4.78 is 0. The fraction of sp³-hybridized carbons (Fsp3) is 0.533. The first-order chi connectivity index (χ1) is 9.58. The van der Waals surface area contributed by atoms with Crippen molar-refractivity contribution in [3.8, 4) is 11.5 Å². The molecule has 1 atom stereocenters. The topological polar surface area (TPSA) is 86.8 Å². The second-order valence-corrected chi connectivity index (χ2v) is 5.37. The Bertz CT molecular complexity index is 468. The molecule has 0 aliphatic carbocycles. The molecule has 0 unspecified atom stereocenters. The van der Waals surface area contributed by atoms with E-state index in [0.29, 0.717) is 6.42 Å². The number of phenolic OH excluding ortho intramolecular Hbond substituents is 2. The van der Waals surface area contributed by atoms with E-state index in [0.717, 1.165) is 31.5 Å². The third kappa shape index (κ3) is 3.63. The van der Waals surface area contributed by atoms with Gasteiger partial charge in [-0.05, 0) is 37.0 Å². The summed E-state index contributed by atoms with van der Waals surface area (Å²) in [4.78, 5) is 14.1. The average molecular weight is 278 g/mol. The lowest BCUT2D eigenvalue weighted by molar-refractivity contribution is -0.132. The number of nitrogens with zero attached hydrogens (tertiary/aromatic N) is 1. The smallest absolute Gasteiger partial charge is 0.239 e. The van der Waals surface area contributed by atoms with Gasteiger partial charge in [0.25, 0.3) is 0 Å². The lowest BCUT2D eigenvalue weighted by atomic mass is 10.0. The number of hydrogen-bond acceptors (Lipinski definition) is 4. The molecule has 1 heterocycles. The molecule has 1 aliphatic rings. The van der Waals surface area contributed by atoms with Gasteiger partial charge >= 0.3 is 0 Å². The molecule has 0 aromatic heterocycles. The van der Waals surface area contributed by atoms with E-state index < -0.39 is 6.04 Å². The van der Waals surface area contributed by atoms with E-state index in [-0.39, 0.29) is 17.4 Å². The molecule has 110 valence electrons. The minimum Gasteiger partial charge on any atom is -0.504 e. The second-order valence-electron chi connectivity index (χ2n) is 5.37. The Balaban J connectivity index is 1.97. The zero-order valence-electron chi connectivity index (χ0n) is 11.6. The van der Waals surface area contributed by atoms with Crippen molar-refractivity contribution in [2.75, 3.05) is 13.1 Å². The highest BCUT2D eigenvalue weighted by Gasteiger charge is 2.22. The molecule has 5 nitrogen and oxygen atoms in total. The van der Waals surface area contributed by atoms with Gasteiger partial charge in [0.2, 0.25) is 5.91 Å². The largest absolute Gasteiger partial charge is 0.504 e. The van der Waals surface area contributed by atoms with Crippen molar-refractivity contribution >= 4 is 5.91 Å². The molecule has 1 aliphatic heterocycles. The van der Waals surface area contributed by atoms with Crippen molar-refractivity contribution < 1.29 is 15.0 Å². The van der Waals surface area contributed by atoms with Crippen LogP contribution in [0.15, 0.2) is 18.2 Å². The van der Waals surface area contributed by atoms with Gasteiger partial charge in [0.05, 0.1) is 6.04 Å². The maximum absolute atomic E-state index is 12.3. The highest BCUT2D eigenvalue weighted by molar-refractivity contribution is 5.82. The van der Waals surface area contributed by atoms with Gasteiger partial charge in [-0.15, -0.1) is 0 Å². The van der Waals surface area contributed by atoms with Crippen LogP contribution in [0.25, 0.3) is 0 Å². The predicted molar refractivity (Wildman–Crippen MR) is 76.5 cm³/mol. The molecule has 0 saturated carbocycles. The number of amides is 1. The van der Waals surface area contributed by atoms with E-state index in [1.165, 1.54) is 25.0 Å². The van der Waals surface area contributed by atoms with E-state index >= 15 is 0 Å². The van der Waals surface area contributed by atoms with Crippen molar-refractivity contribution in [2.45, 2.75) is 38.1 Å². The molecule has 20 heavy (non-hydrogen) atoms. The zero-order chi connectivity index (χ0) is 14.5. The SMILES string of the molecule is N[C@@H](Cc1ccc(O)c(O)c1)C(=O)N1CCCCCC1. The molecule has 5 heteroatoms. The van der Waals surface area contributed by atoms with E-state index in [1.807, 2.05) is 4.90 Å². The number of aromatic hydroxyl groups is 2. The van der Waals surface area contributed by atoms with Gasteiger partial charge in [-0.3, -0.25) is 4.79 Å². The highest BCUT2D eigenvalue weighted by Crippen LogP contribution is 2.25. The highest BCUT2D eigenvalue weighted by atomic mass is 16.3. The molecule has 1 aromatic rings. The van der Waals surface area contributed by atoms with Crippen molar-refractivity contribution in [3.63, 3.8) is 0 Å². The molecule has 1 fully saturated rings. The van der Waals surface area contributed by atoms with Crippen molar-refractivity contribution in [1.82, 2.24) is 4.90 Å². The van der Waals surface area contributed by atoms with Crippen LogP contribution >= 0.6 is 0 Å². The number of phenols is 2. The van der Waals surface area contributed by atoms with Crippen molar-refractivity contribution in [3.05, 3.63) is 23.8 Å². The zero-order valence-corrected chi connectivity index (χ0v) is 11.6. The summed E-state index contributed by atoms with van der Waals surface area (Å²) in [7, 11) is 0. The molecule has 1 aromatic carbocycles. The molecule has 1 saturated heterocycles. The number of benzene rings is 1. The van der Waals surface area contributed by atoms with E-state index in [9.17, 15) is 15.0 Å². The summed E-state index contributed by atoms with van der Waals surface area (Å²) in [6.07, 6.45) is 4.79. The van der Waals surface area contributed by atoms with Gasteiger partial charge in [0.15, 0.2) is 11.5 Å². The van der Waals surface area contributed by atoms with Gasteiger partial charge < -0.3 is 20.8 Å². The van der Waals surface area contributed by atoms with Crippen LogP contribution in [0.5, 0.6) is 11.5 Å². The van der Waals surface area contributed by atoms with Crippen LogP contribution in [0.3, 0.4) is 0 Å². The molecule has 0 spiro atoms. The maximum atomic E-state index is 12.3. The quantitative estimate of drug-likeness (QED) is 0.729. The molecule has 2 rings (SSSR count). The second kappa shape index (κ2) is 6.61. The van der Waals surface area contributed by atoms with E-state index in [2.05, 4.69) is 0 Å². The van der Waals surface area contributed by atoms with Crippen LogP contribution in [-0.4, -0.2) is 40.2 Å². The Morgan fingerprint density at radius 2 is 1.80 bits per heavy atom.